The van der Waals surface area contributed by atoms with Crippen LogP contribution in [0.25, 0.3) is 0 Å². The number of methoxy groups -OCH3 is 1. The lowest BCUT2D eigenvalue weighted by molar-refractivity contribution is -0.0209. The minimum absolute atomic E-state index is 0.124. The molecule has 0 aromatic heterocycles. The number of hydrogen-bond acceptors (Lipinski definition) is 7. The maximum absolute atomic E-state index is 13.4. The normalized spacial score (nSPS) is 25.4. The number of halogens is 2. The molecule has 0 aliphatic carbocycles. The van der Waals surface area contributed by atoms with Gasteiger partial charge in [-0.05, 0) is 30.3 Å². The van der Waals surface area contributed by atoms with E-state index >= 15 is 0 Å². The quantitative estimate of drug-likeness (QED) is 0.538. The van der Waals surface area contributed by atoms with Crippen molar-refractivity contribution in [1.29, 1.82) is 0 Å². The van der Waals surface area contributed by atoms with Gasteiger partial charge >= 0.3 is 0 Å². The molecule has 8 nitrogen and oxygen atoms in total. The summed E-state index contributed by atoms with van der Waals surface area (Å²) in [7, 11) is 1.65. The third-order valence-electron chi connectivity index (χ3n) is 6.45. The monoisotopic (exact) mass is 493 g/mol. The molecule has 1 amide bonds. The fourth-order valence-electron chi connectivity index (χ4n) is 4.68. The van der Waals surface area contributed by atoms with Crippen molar-refractivity contribution in [1.82, 2.24) is 10.2 Å². The summed E-state index contributed by atoms with van der Waals surface area (Å²) in [6, 6.07) is 11.2. The van der Waals surface area contributed by atoms with Gasteiger partial charge in [-0.1, -0.05) is 23.7 Å². The highest BCUT2D eigenvalue weighted by Gasteiger charge is 2.46. The molecule has 2 fully saturated rings. The molecule has 10 heteroatoms. The van der Waals surface area contributed by atoms with Gasteiger partial charge in [0.15, 0.2) is 0 Å². The summed E-state index contributed by atoms with van der Waals surface area (Å²) in [6.07, 6.45) is -2.16. The van der Waals surface area contributed by atoms with Gasteiger partial charge in [0.05, 0.1) is 36.6 Å². The molecule has 4 atom stereocenters. The zero-order valence-electron chi connectivity index (χ0n) is 18.9. The molecule has 2 saturated heterocycles. The number of hydrogen-bond donors (Lipinski definition) is 3. The zero-order valence-corrected chi connectivity index (χ0v) is 19.6. The SMILES string of the molecule is COc1ccccc1N1CCN([C@H]2[C@H](O)[C@H](CO)O[C@@H]2CNC(=O)c2ccc(F)c(Cl)c2)CC1. The Balaban J connectivity index is 1.41. The number of benzene rings is 2. The third-order valence-corrected chi connectivity index (χ3v) is 6.74. The Labute approximate surface area is 202 Å². The first-order valence-corrected chi connectivity index (χ1v) is 11.6. The molecule has 2 aliphatic rings. The molecular formula is C24H29ClFN3O5. The van der Waals surface area contributed by atoms with Gasteiger partial charge in [-0.15, -0.1) is 0 Å². The number of carbonyl (C=O) groups excluding carboxylic acids is 1. The van der Waals surface area contributed by atoms with Gasteiger partial charge < -0.3 is 29.9 Å². The fourth-order valence-corrected chi connectivity index (χ4v) is 4.86. The van der Waals surface area contributed by atoms with Gasteiger partial charge in [0, 0.05) is 38.3 Å². The molecule has 0 radical (unpaired) electrons. The Morgan fingerprint density at radius 1 is 1.21 bits per heavy atom. The summed E-state index contributed by atoms with van der Waals surface area (Å²) in [5.41, 5.74) is 1.24. The third kappa shape index (κ3) is 5.13. The highest BCUT2D eigenvalue weighted by Crippen LogP contribution is 2.31. The summed E-state index contributed by atoms with van der Waals surface area (Å²) in [5.74, 6) is -0.215. The highest BCUT2D eigenvalue weighted by molar-refractivity contribution is 6.31. The summed E-state index contributed by atoms with van der Waals surface area (Å²) in [5, 5.41) is 23.2. The smallest absolute Gasteiger partial charge is 0.251 e. The summed E-state index contributed by atoms with van der Waals surface area (Å²) in [6.45, 7) is 2.58. The van der Waals surface area contributed by atoms with Gasteiger partial charge in [-0.25, -0.2) is 4.39 Å². The summed E-state index contributed by atoms with van der Waals surface area (Å²) in [4.78, 5) is 16.9. The number of piperazine rings is 1. The van der Waals surface area contributed by atoms with Crippen molar-refractivity contribution in [3.8, 4) is 5.75 Å². The van der Waals surface area contributed by atoms with Crippen LogP contribution in [0.3, 0.4) is 0 Å². The Morgan fingerprint density at radius 2 is 1.94 bits per heavy atom. The second kappa shape index (κ2) is 10.9. The van der Waals surface area contributed by atoms with Crippen molar-refractivity contribution < 1.29 is 28.9 Å². The molecule has 0 bridgehead atoms. The Morgan fingerprint density at radius 3 is 2.62 bits per heavy atom. The van der Waals surface area contributed by atoms with E-state index in [4.69, 9.17) is 21.1 Å². The van der Waals surface area contributed by atoms with Gasteiger partial charge in [0.2, 0.25) is 0 Å². The average molecular weight is 494 g/mol. The molecular weight excluding hydrogens is 465 g/mol. The predicted octanol–water partition coefficient (Wildman–Crippen LogP) is 1.53. The van der Waals surface area contributed by atoms with Crippen molar-refractivity contribution in [2.75, 3.05) is 51.3 Å². The van der Waals surface area contributed by atoms with Crippen molar-refractivity contribution in [3.05, 3.63) is 58.9 Å². The van der Waals surface area contributed by atoms with Crippen LogP contribution < -0.4 is 15.0 Å². The van der Waals surface area contributed by atoms with E-state index in [-0.39, 0.29) is 23.7 Å². The van der Waals surface area contributed by atoms with Gasteiger partial charge in [-0.3, -0.25) is 9.69 Å². The summed E-state index contributed by atoms with van der Waals surface area (Å²) < 4.78 is 24.8. The fraction of sp³-hybridized carbons (Fsp3) is 0.458. The molecule has 2 heterocycles. The van der Waals surface area contributed by atoms with E-state index < -0.39 is 36.1 Å². The van der Waals surface area contributed by atoms with Crippen molar-refractivity contribution in [2.45, 2.75) is 24.4 Å². The van der Waals surface area contributed by atoms with Gasteiger partial charge in [-0.2, -0.15) is 0 Å². The Hall–Kier alpha value is -2.43. The molecule has 3 N–H and O–H groups in total. The molecule has 2 aliphatic heterocycles. The number of para-hydroxylation sites is 2. The first kappa shape index (κ1) is 24.7. The number of amides is 1. The van der Waals surface area contributed by atoms with E-state index in [2.05, 4.69) is 15.1 Å². The number of carbonyl (C=O) groups is 1. The maximum atomic E-state index is 13.4. The molecule has 0 saturated carbocycles. The number of aliphatic hydroxyl groups is 2. The molecule has 2 aromatic rings. The number of nitrogens with zero attached hydrogens (tertiary/aromatic N) is 2. The number of ether oxygens (including phenoxy) is 2. The van der Waals surface area contributed by atoms with E-state index in [1.807, 2.05) is 24.3 Å². The Bertz CT molecular complexity index is 1000. The molecule has 34 heavy (non-hydrogen) atoms. The van der Waals surface area contributed by atoms with Crippen LogP contribution in [0, 0.1) is 5.82 Å². The topological polar surface area (TPSA) is 94.5 Å². The second-order valence-electron chi connectivity index (χ2n) is 8.41. The van der Waals surface area contributed by atoms with Gasteiger partial charge in [0.1, 0.15) is 23.8 Å². The summed E-state index contributed by atoms with van der Waals surface area (Å²) >= 11 is 5.78. The van der Waals surface area contributed by atoms with Crippen LogP contribution in [-0.4, -0.2) is 91.8 Å². The van der Waals surface area contributed by atoms with Crippen LogP contribution in [0.2, 0.25) is 5.02 Å². The number of nitrogens with one attached hydrogen (secondary N) is 1. The number of aliphatic hydroxyl groups excluding tert-OH is 2. The lowest BCUT2D eigenvalue weighted by Gasteiger charge is -2.41. The van der Waals surface area contributed by atoms with Crippen LogP contribution in [-0.2, 0) is 4.74 Å². The number of anilines is 1. The standard InChI is InChI=1S/C24H29ClFN3O5/c1-33-19-5-3-2-4-18(19)28-8-10-29(11-9-28)22-20(34-21(14-30)23(22)31)13-27-24(32)15-6-7-17(26)16(25)12-15/h2-7,12,20-23,30-31H,8-11,13-14H2,1H3,(H,27,32)/t20-,21+,22-,23-/m1/s1. The minimum atomic E-state index is -0.898. The number of rotatable bonds is 7. The zero-order chi connectivity index (χ0) is 24.2. The molecule has 4 rings (SSSR count). The van der Waals surface area contributed by atoms with Crippen LogP contribution in [0.5, 0.6) is 5.75 Å². The van der Waals surface area contributed by atoms with E-state index in [0.29, 0.717) is 13.1 Å². The van der Waals surface area contributed by atoms with E-state index in [9.17, 15) is 19.4 Å². The lowest BCUT2D eigenvalue weighted by Crippen LogP contribution is -2.57. The van der Waals surface area contributed by atoms with E-state index in [1.54, 1.807) is 7.11 Å². The molecule has 0 unspecified atom stereocenters. The lowest BCUT2D eigenvalue weighted by atomic mass is 10.0. The van der Waals surface area contributed by atoms with E-state index in [1.165, 1.54) is 12.1 Å². The predicted molar refractivity (Wildman–Crippen MR) is 126 cm³/mol. The van der Waals surface area contributed by atoms with Crippen LogP contribution in [0.1, 0.15) is 10.4 Å². The average Bonchev–Trinajstić information content (AvgIpc) is 3.19. The van der Waals surface area contributed by atoms with Gasteiger partial charge in [0.25, 0.3) is 5.91 Å². The van der Waals surface area contributed by atoms with Crippen LogP contribution in [0.4, 0.5) is 10.1 Å². The highest BCUT2D eigenvalue weighted by atomic mass is 35.5. The maximum Gasteiger partial charge on any atom is 0.251 e. The molecule has 2 aromatic carbocycles. The first-order valence-electron chi connectivity index (χ1n) is 11.2. The Kier molecular flexibility index (Phi) is 7.90. The largest absolute Gasteiger partial charge is 0.495 e. The molecule has 0 spiro atoms. The van der Waals surface area contributed by atoms with Crippen LogP contribution >= 0.6 is 11.6 Å². The second-order valence-corrected chi connectivity index (χ2v) is 8.82. The van der Waals surface area contributed by atoms with Crippen molar-refractivity contribution >= 4 is 23.2 Å². The molecule has 184 valence electrons. The van der Waals surface area contributed by atoms with Crippen molar-refractivity contribution in [3.63, 3.8) is 0 Å². The van der Waals surface area contributed by atoms with E-state index in [0.717, 1.165) is 30.6 Å². The van der Waals surface area contributed by atoms with Crippen LogP contribution in [0.15, 0.2) is 42.5 Å². The minimum Gasteiger partial charge on any atom is -0.495 e. The first-order chi connectivity index (χ1) is 16.4. The van der Waals surface area contributed by atoms with Crippen molar-refractivity contribution in [2.24, 2.45) is 0 Å².